The minimum atomic E-state index is 0.452. The van der Waals surface area contributed by atoms with E-state index < -0.39 is 0 Å². The van der Waals surface area contributed by atoms with Crippen LogP contribution in [0.15, 0.2) is 29.4 Å². The van der Waals surface area contributed by atoms with E-state index in [4.69, 9.17) is 18.0 Å². The van der Waals surface area contributed by atoms with E-state index in [1.54, 1.807) is 6.20 Å². The Morgan fingerprint density at radius 1 is 1.29 bits per heavy atom. The van der Waals surface area contributed by atoms with Gasteiger partial charge >= 0.3 is 0 Å². The summed E-state index contributed by atoms with van der Waals surface area (Å²) in [4.78, 5) is 10.7. The Balaban J connectivity index is 1.75. The van der Waals surface area contributed by atoms with Gasteiger partial charge in [-0.2, -0.15) is 4.99 Å². The lowest BCUT2D eigenvalue weighted by molar-refractivity contribution is 0.431. The molecule has 1 aromatic heterocycles. The highest BCUT2D eigenvalue weighted by molar-refractivity contribution is 7.80. The summed E-state index contributed by atoms with van der Waals surface area (Å²) in [5.74, 6) is 0.534. The molecule has 1 aromatic rings. The molecule has 0 unspecified atom stereocenters. The highest BCUT2D eigenvalue weighted by Gasteiger charge is 2.11. The Bertz CT molecular complexity index is 466. The quantitative estimate of drug-likeness (QED) is 0.505. The van der Waals surface area contributed by atoms with Crippen molar-refractivity contribution in [3.05, 3.63) is 30.1 Å². The molecule has 6 heteroatoms. The van der Waals surface area contributed by atoms with E-state index in [2.05, 4.69) is 20.2 Å². The standard InChI is InChI=1S/C15H23N5S/c16-14(20-11-5-1-2-6-12-20)19-15(21)18-10-8-13-7-3-4-9-17-13/h3-4,7,9H,1-2,5-6,8,10-12H2,(H3,16,18,19,21). The van der Waals surface area contributed by atoms with Crippen LogP contribution in [0.3, 0.4) is 0 Å². The number of aromatic nitrogens is 1. The maximum atomic E-state index is 6.04. The second-order valence-electron chi connectivity index (χ2n) is 5.17. The Morgan fingerprint density at radius 2 is 2.05 bits per heavy atom. The van der Waals surface area contributed by atoms with Gasteiger partial charge in [0.05, 0.1) is 0 Å². The molecule has 0 aromatic carbocycles. The number of aliphatic imine (C=N–C) groups is 1. The minimum Gasteiger partial charge on any atom is -0.369 e. The third kappa shape index (κ3) is 5.67. The first-order valence-corrected chi connectivity index (χ1v) is 7.93. The molecular formula is C15H23N5S. The van der Waals surface area contributed by atoms with Gasteiger partial charge in [0.25, 0.3) is 0 Å². The molecule has 1 aliphatic heterocycles. The van der Waals surface area contributed by atoms with Gasteiger partial charge in [0, 0.05) is 37.9 Å². The van der Waals surface area contributed by atoms with E-state index in [0.717, 1.165) is 25.2 Å². The topological polar surface area (TPSA) is 66.5 Å². The van der Waals surface area contributed by atoms with Crippen molar-refractivity contribution < 1.29 is 0 Å². The van der Waals surface area contributed by atoms with Crippen LogP contribution in [0.4, 0.5) is 0 Å². The van der Waals surface area contributed by atoms with Gasteiger partial charge in [0.2, 0.25) is 0 Å². The lowest BCUT2D eigenvalue weighted by Gasteiger charge is -2.21. The molecule has 2 rings (SSSR count). The number of pyridine rings is 1. The number of nitrogens with one attached hydrogen (secondary N) is 1. The van der Waals surface area contributed by atoms with Crippen LogP contribution in [0, 0.1) is 0 Å². The predicted molar refractivity (Wildman–Crippen MR) is 90.2 cm³/mol. The van der Waals surface area contributed by atoms with Crippen molar-refractivity contribution in [3.63, 3.8) is 0 Å². The normalized spacial score (nSPS) is 16.4. The molecule has 1 aliphatic rings. The van der Waals surface area contributed by atoms with Gasteiger partial charge < -0.3 is 16.0 Å². The highest BCUT2D eigenvalue weighted by Crippen LogP contribution is 2.09. The first-order valence-electron chi connectivity index (χ1n) is 7.52. The zero-order valence-corrected chi connectivity index (χ0v) is 13.1. The van der Waals surface area contributed by atoms with E-state index in [1.165, 1.54) is 25.7 Å². The number of likely N-dealkylation sites (tertiary alicyclic amines) is 1. The zero-order chi connectivity index (χ0) is 14.9. The first-order chi connectivity index (χ1) is 10.3. The Kier molecular flexibility index (Phi) is 6.40. The van der Waals surface area contributed by atoms with Crippen molar-refractivity contribution in [1.82, 2.24) is 15.2 Å². The molecule has 0 amide bonds. The van der Waals surface area contributed by atoms with E-state index in [9.17, 15) is 0 Å². The largest absolute Gasteiger partial charge is 0.369 e. The van der Waals surface area contributed by atoms with Gasteiger partial charge in [-0.15, -0.1) is 0 Å². The number of nitrogens with two attached hydrogens (primary N) is 1. The third-order valence-electron chi connectivity index (χ3n) is 3.53. The summed E-state index contributed by atoms with van der Waals surface area (Å²) >= 11 is 5.22. The average molecular weight is 305 g/mol. The van der Waals surface area contributed by atoms with Crippen molar-refractivity contribution in [1.29, 1.82) is 0 Å². The van der Waals surface area contributed by atoms with Crippen molar-refractivity contribution >= 4 is 23.3 Å². The highest BCUT2D eigenvalue weighted by atomic mass is 32.1. The summed E-state index contributed by atoms with van der Waals surface area (Å²) in [5.41, 5.74) is 7.08. The summed E-state index contributed by atoms with van der Waals surface area (Å²) in [6, 6.07) is 5.89. The van der Waals surface area contributed by atoms with Crippen LogP contribution in [0.25, 0.3) is 0 Å². The van der Waals surface area contributed by atoms with Gasteiger partial charge in [-0.25, -0.2) is 0 Å². The molecule has 114 valence electrons. The van der Waals surface area contributed by atoms with Crippen molar-refractivity contribution in [3.8, 4) is 0 Å². The van der Waals surface area contributed by atoms with Gasteiger partial charge in [0.15, 0.2) is 11.1 Å². The number of guanidine groups is 1. The van der Waals surface area contributed by atoms with E-state index >= 15 is 0 Å². The minimum absolute atomic E-state index is 0.452. The molecule has 2 heterocycles. The maximum absolute atomic E-state index is 6.04. The molecule has 0 saturated carbocycles. The van der Waals surface area contributed by atoms with Gasteiger partial charge in [-0.3, -0.25) is 4.98 Å². The van der Waals surface area contributed by atoms with Crippen molar-refractivity contribution in [2.24, 2.45) is 10.7 Å². The van der Waals surface area contributed by atoms with Gasteiger partial charge in [-0.1, -0.05) is 18.9 Å². The molecule has 0 bridgehead atoms. The Labute approximate surface area is 131 Å². The van der Waals surface area contributed by atoms with Crippen molar-refractivity contribution in [2.45, 2.75) is 32.1 Å². The van der Waals surface area contributed by atoms with Crippen LogP contribution < -0.4 is 11.1 Å². The lowest BCUT2D eigenvalue weighted by atomic mass is 10.2. The second-order valence-corrected chi connectivity index (χ2v) is 5.56. The summed E-state index contributed by atoms with van der Waals surface area (Å²) in [5, 5.41) is 3.57. The molecule has 0 radical (unpaired) electrons. The number of hydrogen-bond acceptors (Lipinski definition) is 2. The van der Waals surface area contributed by atoms with Crippen LogP contribution >= 0.6 is 12.2 Å². The van der Waals surface area contributed by atoms with Crippen LogP contribution in [0.2, 0.25) is 0 Å². The van der Waals surface area contributed by atoms with Crippen LogP contribution in [0.5, 0.6) is 0 Å². The van der Waals surface area contributed by atoms with E-state index in [0.29, 0.717) is 17.6 Å². The molecule has 21 heavy (non-hydrogen) atoms. The first kappa shape index (κ1) is 15.7. The van der Waals surface area contributed by atoms with Crippen molar-refractivity contribution in [2.75, 3.05) is 19.6 Å². The molecule has 0 aliphatic carbocycles. The molecule has 0 spiro atoms. The molecular weight excluding hydrogens is 282 g/mol. The Hall–Kier alpha value is -1.69. The third-order valence-corrected chi connectivity index (χ3v) is 3.77. The summed E-state index contributed by atoms with van der Waals surface area (Å²) in [6.45, 7) is 2.67. The average Bonchev–Trinajstić information content (AvgIpc) is 2.77. The SMILES string of the molecule is N/C(=N\C(=S)NCCc1ccccn1)N1CCCCCC1. The van der Waals surface area contributed by atoms with Crippen LogP contribution in [-0.2, 0) is 6.42 Å². The summed E-state index contributed by atoms with van der Waals surface area (Å²) in [7, 11) is 0. The number of nitrogens with zero attached hydrogens (tertiary/aromatic N) is 3. The summed E-state index contributed by atoms with van der Waals surface area (Å²) in [6.07, 6.45) is 7.52. The molecule has 5 nitrogen and oxygen atoms in total. The zero-order valence-electron chi connectivity index (χ0n) is 12.3. The van der Waals surface area contributed by atoms with E-state index in [-0.39, 0.29) is 0 Å². The number of rotatable bonds is 3. The van der Waals surface area contributed by atoms with Gasteiger partial charge in [-0.05, 0) is 37.2 Å². The summed E-state index contributed by atoms with van der Waals surface area (Å²) < 4.78 is 0. The van der Waals surface area contributed by atoms with E-state index in [1.807, 2.05) is 18.2 Å². The fraction of sp³-hybridized carbons (Fsp3) is 0.533. The molecule has 1 saturated heterocycles. The van der Waals surface area contributed by atoms with Crippen LogP contribution in [0.1, 0.15) is 31.4 Å². The fourth-order valence-corrected chi connectivity index (χ4v) is 2.55. The lowest BCUT2D eigenvalue weighted by Crippen LogP contribution is -2.39. The molecule has 1 fully saturated rings. The number of hydrogen-bond donors (Lipinski definition) is 2. The monoisotopic (exact) mass is 305 g/mol. The van der Waals surface area contributed by atoms with Crippen LogP contribution in [-0.4, -0.2) is 40.6 Å². The fourth-order valence-electron chi connectivity index (χ4n) is 2.36. The molecule has 0 atom stereocenters. The second kappa shape index (κ2) is 8.56. The maximum Gasteiger partial charge on any atom is 0.198 e. The molecule has 3 N–H and O–H groups in total. The predicted octanol–water partition coefficient (Wildman–Crippen LogP) is 1.69. The smallest absolute Gasteiger partial charge is 0.198 e. The van der Waals surface area contributed by atoms with Gasteiger partial charge in [0.1, 0.15) is 0 Å². The number of thiocarbonyl (C=S) groups is 1. The Morgan fingerprint density at radius 3 is 2.71 bits per heavy atom.